The number of allylic oxidation sites excluding steroid dienone is 1. The lowest BCUT2D eigenvalue weighted by Crippen LogP contribution is -2.43. The molecule has 4 nitrogen and oxygen atoms in total. The smallest absolute Gasteiger partial charge is 0.0337 e. The molecular weight excluding hydrogens is 272 g/mol. The van der Waals surface area contributed by atoms with Crippen molar-refractivity contribution < 1.29 is 1.43 Å². The lowest BCUT2D eigenvalue weighted by atomic mass is 10.1. The number of unbranched alkanes of at least 4 members (excludes halogenated alkanes) is 4. The Morgan fingerprint density at radius 1 is 1.18 bits per heavy atom. The third kappa shape index (κ3) is 9.44. The Labute approximate surface area is 139 Å². The fourth-order valence-corrected chi connectivity index (χ4v) is 2.93. The van der Waals surface area contributed by atoms with Gasteiger partial charge in [0, 0.05) is 47.4 Å². The molecule has 0 saturated carbocycles. The summed E-state index contributed by atoms with van der Waals surface area (Å²) in [4.78, 5) is 2.59. The third-order valence-corrected chi connectivity index (χ3v) is 4.42. The van der Waals surface area contributed by atoms with Crippen molar-refractivity contribution in [2.45, 2.75) is 58.8 Å². The van der Waals surface area contributed by atoms with E-state index >= 15 is 0 Å². The Morgan fingerprint density at radius 3 is 2.59 bits per heavy atom. The number of nitrogens with zero attached hydrogens (tertiary/aromatic N) is 2. The van der Waals surface area contributed by atoms with Gasteiger partial charge in [-0.15, -0.1) is 0 Å². The number of hydrogen-bond acceptors (Lipinski definition) is 4. The second-order valence-electron chi connectivity index (χ2n) is 6.50. The molecule has 132 valence electrons. The van der Waals surface area contributed by atoms with Gasteiger partial charge in [0.15, 0.2) is 0 Å². The SMILES string of the molecule is CCCC/C(C)=C/N(CCCCCCN1CCNCC1)NC.[HH]. The van der Waals surface area contributed by atoms with E-state index in [1.165, 1.54) is 83.2 Å². The minimum atomic E-state index is 0. The molecule has 0 atom stereocenters. The first-order chi connectivity index (χ1) is 10.8. The van der Waals surface area contributed by atoms with Crippen LogP contribution in [0, 0.1) is 0 Å². The Bertz CT molecular complexity index is 291. The maximum atomic E-state index is 3.41. The van der Waals surface area contributed by atoms with E-state index in [2.05, 4.69) is 40.7 Å². The molecule has 4 heteroatoms. The molecule has 1 fully saturated rings. The maximum Gasteiger partial charge on any atom is 0.0337 e. The predicted molar refractivity (Wildman–Crippen MR) is 98.9 cm³/mol. The van der Waals surface area contributed by atoms with Crippen LogP contribution in [-0.4, -0.2) is 56.2 Å². The van der Waals surface area contributed by atoms with Crippen LogP contribution >= 0.6 is 0 Å². The zero-order valence-corrected chi connectivity index (χ0v) is 15.2. The van der Waals surface area contributed by atoms with Gasteiger partial charge in [0.25, 0.3) is 0 Å². The highest BCUT2D eigenvalue weighted by Crippen LogP contribution is 2.08. The summed E-state index contributed by atoms with van der Waals surface area (Å²) in [6.07, 6.45) is 11.4. The number of piperazine rings is 1. The topological polar surface area (TPSA) is 30.5 Å². The van der Waals surface area contributed by atoms with Crippen LogP contribution in [0.25, 0.3) is 0 Å². The van der Waals surface area contributed by atoms with Crippen molar-refractivity contribution in [3.8, 4) is 0 Å². The zero-order chi connectivity index (χ0) is 16.0. The van der Waals surface area contributed by atoms with Crippen LogP contribution in [0.4, 0.5) is 0 Å². The maximum absolute atomic E-state index is 3.41. The normalized spacial score (nSPS) is 17.0. The highest BCUT2D eigenvalue weighted by Gasteiger charge is 2.08. The molecule has 1 aliphatic heterocycles. The van der Waals surface area contributed by atoms with Crippen LogP contribution in [0.1, 0.15) is 60.2 Å². The highest BCUT2D eigenvalue weighted by atomic mass is 15.5. The molecule has 0 aromatic rings. The molecule has 22 heavy (non-hydrogen) atoms. The molecule has 0 radical (unpaired) electrons. The molecule has 0 bridgehead atoms. The Kier molecular flexibility index (Phi) is 11.4. The predicted octanol–water partition coefficient (Wildman–Crippen LogP) is 3.23. The van der Waals surface area contributed by atoms with E-state index in [0.717, 1.165) is 6.54 Å². The van der Waals surface area contributed by atoms with E-state index in [1.54, 1.807) is 0 Å². The third-order valence-electron chi connectivity index (χ3n) is 4.42. The van der Waals surface area contributed by atoms with Crippen molar-refractivity contribution in [2.24, 2.45) is 0 Å². The van der Waals surface area contributed by atoms with Crippen molar-refractivity contribution in [1.29, 1.82) is 0 Å². The van der Waals surface area contributed by atoms with E-state index in [1.807, 2.05) is 7.05 Å². The van der Waals surface area contributed by atoms with E-state index < -0.39 is 0 Å². The number of nitrogens with one attached hydrogen (secondary N) is 2. The van der Waals surface area contributed by atoms with Gasteiger partial charge >= 0.3 is 0 Å². The monoisotopic (exact) mass is 312 g/mol. The number of hydrogen-bond donors (Lipinski definition) is 2. The van der Waals surface area contributed by atoms with Gasteiger partial charge in [-0.25, -0.2) is 5.43 Å². The Balaban J connectivity index is 0.00000484. The zero-order valence-electron chi connectivity index (χ0n) is 15.2. The Hall–Kier alpha value is -0.580. The summed E-state index contributed by atoms with van der Waals surface area (Å²) in [6, 6.07) is 0. The average molecular weight is 313 g/mol. The lowest BCUT2D eigenvalue weighted by molar-refractivity contribution is 0.234. The van der Waals surface area contributed by atoms with Crippen LogP contribution < -0.4 is 10.7 Å². The minimum absolute atomic E-state index is 0. The minimum Gasteiger partial charge on any atom is -0.316 e. The summed E-state index contributed by atoms with van der Waals surface area (Å²) >= 11 is 0. The second-order valence-corrected chi connectivity index (χ2v) is 6.50. The van der Waals surface area contributed by atoms with Crippen molar-refractivity contribution >= 4 is 0 Å². The highest BCUT2D eigenvalue weighted by molar-refractivity contribution is 4.96. The van der Waals surface area contributed by atoms with Crippen molar-refractivity contribution in [3.63, 3.8) is 0 Å². The molecule has 1 aliphatic rings. The van der Waals surface area contributed by atoms with Gasteiger partial charge in [-0.05, 0) is 39.2 Å². The van der Waals surface area contributed by atoms with Crippen LogP contribution in [0.15, 0.2) is 11.8 Å². The largest absolute Gasteiger partial charge is 0.316 e. The van der Waals surface area contributed by atoms with E-state index in [0.29, 0.717) is 0 Å². The first-order valence-electron chi connectivity index (χ1n) is 9.30. The quantitative estimate of drug-likeness (QED) is 0.428. The number of rotatable bonds is 12. The molecule has 0 aliphatic carbocycles. The number of hydrazine groups is 1. The van der Waals surface area contributed by atoms with Gasteiger partial charge in [-0.1, -0.05) is 31.8 Å². The Morgan fingerprint density at radius 2 is 1.91 bits per heavy atom. The van der Waals surface area contributed by atoms with Gasteiger partial charge in [-0.2, -0.15) is 0 Å². The first-order valence-corrected chi connectivity index (χ1v) is 9.30. The lowest BCUT2D eigenvalue weighted by Gasteiger charge is -2.27. The van der Waals surface area contributed by atoms with E-state index in [-0.39, 0.29) is 1.43 Å². The molecule has 2 N–H and O–H groups in total. The summed E-state index contributed by atoms with van der Waals surface area (Å²) in [7, 11) is 2.02. The summed E-state index contributed by atoms with van der Waals surface area (Å²) < 4.78 is 0. The molecule has 0 aromatic heterocycles. The van der Waals surface area contributed by atoms with Gasteiger partial charge in [-0.3, -0.25) is 0 Å². The first kappa shape index (κ1) is 19.5. The van der Waals surface area contributed by atoms with Crippen LogP contribution in [0.5, 0.6) is 0 Å². The standard InChI is InChI=1S/C18H38N4.H2/c1-4-5-10-18(2)17-22(19-3)14-9-7-6-8-13-21-15-11-20-12-16-21;/h17,19-20H,4-16H2,1-3H3;1H/b18-17+;. The summed E-state index contributed by atoms with van der Waals surface area (Å²) in [6.45, 7) is 11.7. The molecule has 1 rings (SSSR count). The molecular formula is C18H40N4. The van der Waals surface area contributed by atoms with Crippen molar-refractivity contribution in [2.75, 3.05) is 46.3 Å². The van der Waals surface area contributed by atoms with Crippen LogP contribution in [0.2, 0.25) is 0 Å². The molecule has 0 spiro atoms. The van der Waals surface area contributed by atoms with Gasteiger partial charge in [0.1, 0.15) is 0 Å². The second kappa shape index (κ2) is 12.9. The van der Waals surface area contributed by atoms with E-state index in [9.17, 15) is 0 Å². The van der Waals surface area contributed by atoms with Crippen LogP contribution in [0.3, 0.4) is 0 Å². The van der Waals surface area contributed by atoms with E-state index in [4.69, 9.17) is 0 Å². The molecule has 1 heterocycles. The van der Waals surface area contributed by atoms with Gasteiger partial charge < -0.3 is 15.2 Å². The van der Waals surface area contributed by atoms with Crippen molar-refractivity contribution in [1.82, 2.24) is 20.7 Å². The van der Waals surface area contributed by atoms with Crippen LogP contribution in [-0.2, 0) is 0 Å². The summed E-state index contributed by atoms with van der Waals surface area (Å²) in [5, 5.41) is 5.66. The van der Waals surface area contributed by atoms with Gasteiger partial charge in [0.05, 0.1) is 0 Å². The molecule has 0 amide bonds. The van der Waals surface area contributed by atoms with Crippen molar-refractivity contribution in [3.05, 3.63) is 11.8 Å². The fourth-order valence-electron chi connectivity index (χ4n) is 2.93. The fraction of sp³-hybridized carbons (Fsp3) is 0.889. The molecule has 1 saturated heterocycles. The molecule has 0 aromatic carbocycles. The average Bonchev–Trinajstić information content (AvgIpc) is 2.55. The summed E-state index contributed by atoms with van der Waals surface area (Å²) in [5.41, 5.74) is 4.78. The summed E-state index contributed by atoms with van der Waals surface area (Å²) in [5.74, 6) is 0. The van der Waals surface area contributed by atoms with Gasteiger partial charge in [0.2, 0.25) is 0 Å². The molecule has 0 unspecified atom stereocenters.